The van der Waals surface area contributed by atoms with Crippen molar-refractivity contribution in [2.75, 3.05) is 0 Å². The molecule has 0 atom stereocenters. The second-order valence-electron chi connectivity index (χ2n) is 2.96. The van der Waals surface area contributed by atoms with Gasteiger partial charge in [-0.25, -0.2) is 0 Å². The lowest BCUT2D eigenvalue weighted by atomic mass is 10.1. The van der Waals surface area contributed by atoms with Gasteiger partial charge in [0.1, 0.15) is 5.75 Å². The maximum Gasteiger partial charge on any atom is 0.256 e. The number of phenols is 1. The zero-order chi connectivity index (χ0) is 10.1. The van der Waals surface area contributed by atoms with Crippen molar-refractivity contribution in [3.8, 4) is 5.75 Å². The molecule has 70 valence electrons. The van der Waals surface area contributed by atoms with Gasteiger partial charge in [0.15, 0.2) is 0 Å². The van der Waals surface area contributed by atoms with Crippen LogP contribution in [0, 0.1) is 0 Å². The molecule has 2 rings (SSSR count). The normalized spacial score (nSPS) is 10.4. The lowest BCUT2D eigenvalue weighted by molar-refractivity contribution is 0.107. The van der Waals surface area contributed by atoms with E-state index in [0.29, 0.717) is 5.39 Å². The Morgan fingerprint density at radius 1 is 1.14 bits per heavy atom. The molecule has 2 aromatic rings. The second kappa shape index (κ2) is 3.31. The van der Waals surface area contributed by atoms with Crippen molar-refractivity contribution < 1.29 is 9.90 Å². The molecule has 1 N–H and O–H groups in total. The van der Waals surface area contributed by atoms with Crippen LogP contribution in [0.15, 0.2) is 36.4 Å². The Hall–Kier alpha value is -1.54. The van der Waals surface area contributed by atoms with Gasteiger partial charge in [-0.1, -0.05) is 30.3 Å². The van der Waals surface area contributed by atoms with E-state index >= 15 is 0 Å². The third kappa shape index (κ3) is 1.34. The van der Waals surface area contributed by atoms with Gasteiger partial charge in [0, 0.05) is 5.39 Å². The number of rotatable bonds is 1. The van der Waals surface area contributed by atoms with Crippen molar-refractivity contribution in [3.63, 3.8) is 0 Å². The number of aromatic hydroxyl groups is 1. The molecule has 0 aromatic heterocycles. The third-order valence-corrected chi connectivity index (χ3v) is 2.32. The molecule has 0 aliphatic carbocycles. The van der Waals surface area contributed by atoms with Crippen LogP contribution in [0.1, 0.15) is 10.4 Å². The zero-order valence-corrected chi connectivity index (χ0v) is 7.95. The highest BCUT2D eigenvalue weighted by Gasteiger charge is 2.10. The molecule has 0 aliphatic rings. The highest BCUT2D eigenvalue weighted by molar-refractivity contribution is 6.68. The zero-order valence-electron chi connectivity index (χ0n) is 7.20. The van der Waals surface area contributed by atoms with Crippen molar-refractivity contribution in [2.24, 2.45) is 0 Å². The number of hydrogen-bond acceptors (Lipinski definition) is 2. The Balaban J connectivity index is 2.81. The smallest absolute Gasteiger partial charge is 0.256 e. The average molecular weight is 207 g/mol. The van der Waals surface area contributed by atoms with Gasteiger partial charge in [0.25, 0.3) is 5.24 Å². The molecule has 0 bridgehead atoms. The van der Waals surface area contributed by atoms with Crippen molar-refractivity contribution in [3.05, 3.63) is 42.0 Å². The van der Waals surface area contributed by atoms with Gasteiger partial charge >= 0.3 is 0 Å². The monoisotopic (exact) mass is 206 g/mol. The molecular weight excluding hydrogens is 200 g/mol. The van der Waals surface area contributed by atoms with Crippen molar-refractivity contribution in [1.29, 1.82) is 0 Å². The highest BCUT2D eigenvalue weighted by atomic mass is 35.5. The predicted octanol–water partition coefficient (Wildman–Crippen LogP) is 2.92. The minimum absolute atomic E-state index is 0.0527. The van der Waals surface area contributed by atoms with Gasteiger partial charge in [-0.3, -0.25) is 4.79 Å². The number of fused-ring (bicyclic) bond motifs is 1. The Labute approximate surface area is 85.7 Å². The van der Waals surface area contributed by atoms with E-state index in [2.05, 4.69) is 0 Å². The first kappa shape index (κ1) is 9.03. The van der Waals surface area contributed by atoms with Gasteiger partial charge in [-0.2, -0.15) is 0 Å². The summed E-state index contributed by atoms with van der Waals surface area (Å²) in [5, 5.41) is 10.6. The quantitative estimate of drug-likeness (QED) is 0.729. The summed E-state index contributed by atoms with van der Waals surface area (Å²) in [5.74, 6) is -0.0527. The van der Waals surface area contributed by atoms with E-state index in [9.17, 15) is 9.90 Å². The van der Waals surface area contributed by atoms with Crippen LogP contribution in [-0.2, 0) is 0 Å². The van der Waals surface area contributed by atoms with Crippen LogP contribution in [0.2, 0.25) is 0 Å². The highest BCUT2D eigenvalue weighted by Crippen LogP contribution is 2.29. The maximum atomic E-state index is 10.9. The van der Waals surface area contributed by atoms with E-state index < -0.39 is 5.24 Å². The molecule has 0 unspecified atom stereocenters. The Bertz CT molecular complexity index is 506. The molecule has 0 heterocycles. The fourth-order valence-electron chi connectivity index (χ4n) is 1.41. The number of phenolic OH excluding ortho intramolecular Hbond substituents is 1. The largest absolute Gasteiger partial charge is 0.506 e. The summed E-state index contributed by atoms with van der Waals surface area (Å²) in [5.41, 5.74) is 0.144. The number of hydrogen-bond donors (Lipinski definition) is 1. The lowest BCUT2D eigenvalue weighted by Gasteiger charge is -2.03. The predicted molar refractivity (Wildman–Crippen MR) is 55.8 cm³/mol. The van der Waals surface area contributed by atoms with Gasteiger partial charge in [-0.15, -0.1) is 0 Å². The summed E-state index contributed by atoms with van der Waals surface area (Å²) in [6, 6.07) is 10.5. The van der Waals surface area contributed by atoms with Gasteiger partial charge in [0.05, 0.1) is 5.56 Å². The third-order valence-electron chi connectivity index (χ3n) is 2.11. The average Bonchev–Trinajstić information content (AvgIpc) is 2.18. The number of benzene rings is 2. The molecule has 2 aromatic carbocycles. The van der Waals surface area contributed by atoms with Crippen LogP contribution >= 0.6 is 11.6 Å². The molecule has 0 aliphatic heterocycles. The fraction of sp³-hybridized carbons (Fsp3) is 0. The van der Waals surface area contributed by atoms with Crippen molar-refractivity contribution >= 4 is 27.6 Å². The minimum Gasteiger partial charge on any atom is -0.506 e. The number of halogens is 1. The molecule has 0 amide bonds. The van der Waals surface area contributed by atoms with E-state index in [1.165, 1.54) is 6.07 Å². The van der Waals surface area contributed by atoms with E-state index in [1.54, 1.807) is 18.2 Å². The molecular formula is C11H7ClO2. The Kier molecular flexibility index (Phi) is 2.14. The number of carbonyl (C=O) groups excluding carboxylic acids is 1. The first-order valence-electron chi connectivity index (χ1n) is 4.10. The van der Waals surface area contributed by atoms with Crippen molar-refractivity contribution in [1.82, 2.24) is 0 Å². The van der Waals surface area contributed by atoms with E-state index in [0.717, 1.165) is 5.39 Å². The topological polar surface area (TPSA) is 37.3 Å². The molecule has 0 saturated heterocycles. The van der Waals surface area contributed by atoms with Crippen LogP contribution in [0.4, 0.5) is 0 Å². The van der Waals surface area contributed by atoms with Crippen molar-refractivity contribution in [2.45, 2.75) is 0 Å². The van der Waals surface area contributed by atoms with Gasteiger partial charge in [0.2, 0.25) is 0 Å². The summed E-state index contributed by atoms with van der Waals surface area (Å²) in [4.78, 5) is 10.9. The van der Waals surface area contributed by atoms with Gasteiger partial charge < -0.3 is 5.11 Å². The summed E-state index contributed by atoms with van der Waals surface area (Å²) >= 11 is 5.31. The molecule has 2 nitrogen and oxygen atoms in total. The lowest BCUT2D eigenvalue weighted by Crippen LogP contribution is -1.89. The van der Waals surface area contributed by atoms with E-state index in [-0.39, 0.29) is 11.3 Å². The molecule has 0 spiro atoms. The van der Waals surface area contributed by atoms with Crippen LogP contribution in [0.5, 0.6) is 5.75 Å². The van der Waals surface area contributed by atoms with E-state index in [1.807, 2.05) is 12.1 Å². The fourth-order valence-corrected chi connectivity index (χ4v) is 1.57. The second-order valence-corrected chi connectivity index (χ2v) is 3.30. The van der Waals surface area contributed by atoms with Gasteiger partial charge in [-0.05, 0) is 23.1 Å². The van der Waals surface area contributed by atoms with Crippen LogP contribution in [0.25, 0.3) is 10.8 Å². The molecule has 0 saturated carbocycles. The standard InChI is InChI=1S/C11H7ClO2/c12-11(14)9-6-5-7-3-1-2-4-8(7)10(9)13/h1-6,13H. The first-order chi connectivity index (χ1) is 6.70. The summed E-state index contributed by atoms with van der Waals surface area (Å²) in [6.07, 6.45) is 0. The van der Waals surface area contributed by atoms with E-state index in [4.69, 9.17) is 11.6 Å². The summed E-state index contributed by atoms with van der Waals surface area (Å²) in [6.45, 7) is 0. The van der Waals surface area contributed by atoms with Crippen LogP contribution in [0.3, 0.4) is 0 Å². The Morgan fingerprint density at radius 2 is 1.86 bits per heavy atom. The maximum absolute atomic E-state index is 10.9. The SMILES string of the molecule is O=C(Cl)c1ccc2ccccc2c1O. The van der Waals surface area contributed by atoms with Crippen LogP contribution in [-0.4, -0.2) is 10.3 Å². The molecule has 0 radical (unpaired) electrons. The first-order valence-corrected chi connectivity index (χ1v) is 4.48. The molecule has 14 heavy (non-hydrogen) atoms. The van der Waals surface area contributed by atoms with Crippen LogP contribution < -0.4 is 0 Å². The summed E-state index contributed by atoms with van der Waals surface area (Å²) < 4.78 is 0. The molecule has 3 heteroatoms. The molecule has 0 fully saturated rings. The Morgan fingerprint density at radius 3 is 2.57 bits per heavy atom. The number of carbonyl (C=O) groups is 1. The summed E-state index contributed by atoms with van der Waals surface area (Å²) in [7, 11) is 0. The minimum atomic E-state index is -0.645.